The number of aliphatic imine (C=N–C) groups is 1. The van der Waals surface area contributed by atoms with E-state index in [1.54, 1.807) is 0 Å². The fourth-order valence-electron chi connectivity index (χ4n) is 4.30. The average Bonchev–Trinajstić information content (AvgIpc) is 2.80. The van der Waals surface area contributed by atoms with Crippen LogP contribution in [0.2, 0.25) is 0 Å². The standard InChI is InChI=1S/C24H38N4O3/c1-4-25-24(28-12-10-21(11-13-28)23(29)31-5-2)26-18-22(27-14-16-30-17-15-27)20-8-6-19(3)7-9-20/h6-9,21-22H,4-5,10-18H2,1-3H3,(H,25,26). The highest BCUT2D eigenvalue weighted by atomic mass is 16.5. The van der Waals surface area contributed by atoms with Gasteiger partial charge in [0.2, 0.25) is 0 Å². The van der Waals surface area contributed by atoms with E-state index in [-0.39, 0.29) is 17.9 Å². The molecule has 2 fully saturated rings. The first-order valence-corrected chi connectivity index (χ1v) is 11.7. The molecule has 1 aromatic carbocycles. The van der Waals surface area contributed by atoms with Gasteiger partial charge in [-0.2, -0.15) is 0 Å². The Hall–Kier alpha value is -2.12. The van der Waals surface area contributed by atoms with E-state index in [9.17, 15) is 4.79 Å². The van der Waals surface area contributed by atoms with Crippen LogP contribution in [0.4, 0.5) is 0 Å². The first-order valence-electron chi connectivity index (χ1n) is 11.7. The fraction of sp³-hybridized carbons (Fsp3) is 0.667. The molecule has 2 heterocycles. The number of ether oxygens (including phenoxy) is 2. The Morgan fingerprint density at radius 2 is 1.84 bits per heavy atom. The number of esters is 1. The minimum Gasteiger partial charge on any atom is -0.466 e. The summed E-state index contributed by atoms with van der Waals surface area (Å²) in [7, 11) is 0. The lowest BCUT2D eigenvalue weighted by atomic mass is 9.97. The first-order chi connectivity index (χ1) is 15.1. The van der Waals surface area contributed by atoms with E-state index in [1.165, 1.54) is 11.1 Å². The van der Waals surface area contributed by atoms with E-state index < -0.39 is 0 Å². The van der Waals surface area contributed by atoms with Gasteiger partial charge in [0.25, 0.3) is 0 Å². The lowest BCUT2D eigenvalue weighted by molar-refractivity contribution is -0.149. The van der Waals surface area contributed by atoms with Crippen LogP contribution in [0.25, 0.3) is 0 Å². The molecule has 1 unspecified atom stereocenters. The number of morpholine rings is 1. The number of rotatable bonds is 7. The smallest absolute Gasteiger partial charge is 0.309 e. The molecule has 2 aliphatic rings. The number of nitrogens with one attached hydrogen (secondary N) is 1. The number of carbonyl (C=O) groups excluding carboxylic acids is 1. The molecule has 0 aliphatic carbocycles. The van der Waals surface area contributed by atoms with Crippen LogP contribution in [0.3, 0.4) is 0 Å². The molecule has 1 atom stereocenters. The first kappa shape index (κ1) is 23.5. The van der Waals surface area contributed by atoms with Crippen molar-refractivity contribution in [3.05, 3.63) is 35.4 Å². The zero-order valence-corrected chi connectivity index (χ0v) is 19.3. The maximum absolute atomic E-state index is 12.1. The molecule has 1 aromatic rings. The largest absolute Gasteiger partial charge is 0.466 e. The molecule has 3 rings (SSSR count). The lowest BCUT2D eigenvalue weighted by Gasteiger charge is -2.36. The zero-order valence-electron chi connectivity index (χ0n) is 19.3. The highest BCUT2D eigenvalue weighted by Crippen LogP contribution is 2.24. The van der Waals surface area contributed by atoms with Crippen molar-refractivity contribution >= 4 is 11.9 Å². The topological polar surface area (TPSA) is 66.4 Å². The van der Waals surface area contributed by atoms with E-state index in [2.05, 4.69) is 53.2 Å². The van der Waals surface area contributed by atoms with Gasteiger partial charge in [-0.15, -0.1) is 0 Å². The van der Waals surface area contributed by atoms with Crippen LogP contribution >= 0.6 is 0 Å². The van der Waals surface area contributed by atoms with Crippen LogP contribution in [0, 0.1) is 12.8 Å². The monoisotopic (exact) mass is 430 g/mol. The zero-order chi connectivity index (χ0) is 22.1. The van der Waals surface area contributed by atoms with Crippen molar-refractivity contribution in [1.29, 1.82) is 0 Å². The van der Waals surface area contributed by atoms with Gasteiger partial charge in [-0.25, -0.2) is 0 Å². The molecule has 2 aliphatic heterocycles. The minimum atomic E-state index is -0.0594. The van der Waals surface area contributed by atoms with Crippen molar-refractivity contribution in [2.45, 2.75) is 39.7 Å². The van der Waals surface area contributed by atoms with Gasteiger partial charge in [0.1, 0.15) is 0 Å². The molecule has 0 spiro atoms. The van der Waals surface area contributed by atoms with Crippen molar-refractivity contribution in [3.8, 4) is 0 Å². The third-order valence-corrected chi connectivity index (χ3v) is 6.11. The molecule has 172 valence electrons. The Balaban J connectivity index is 1.70. The number of hydrogen-bond acceptors (Lipinski definition) is 5. The van der Waals surface area contributed by atoms with Gasteiger partial charge in [-0.1, -0.05) is 29.8 Å². The van der Waals surface area contributed by atoms with Gasteiger partial charge in [0.05, 0.1) is 38.3 Å². The second kappa shape index (κ2) is 12.1. The summed E-state index contributed by atoms with van der Waals surface area (Å²) in [4.78, 5) is 21.9. The third kappa shape index (κ3) is 6.68. The van der Waals surface area contributed by atoms with Crippen molar-refractivity contribution in [2.24, 2.45) is 10.9 Å². The number of aryl methyl sites for hydroxylation is 1. The summed E-state index contributed by atoms with van der Waals surface area (Å²) in [5, 5.41) is 3.46. The molecular formula is C24H38N4O3. The summed E-state index contributed by atoms with van der Waals surface area (Å²) in [5.74, 6) is 0.888. The van der Waals surface area contributed by atoms with Gasteiger partial charge in [-0.05, 0) is 39.2 Å². The van der Waals surface area contributed by atoms with E-state index in [4.69, 9.17) is 14.5 Å². The van der Waals surface area contributed by atoms with Gasteiger partial charge >= 0.3 is 5.97 Å². The molecule has 31 heavy (non-hydrogen) atoms. The fourth-order valence-corrected chi connectivity index (χ4v) is 4.30. The van der Waals surface area contributed by atoms with Crippen LogP contribution in [0.1, 0.15) is 43.9 Å². The quantitative estimate of drug-likeness (QED) is 0.408. The highest BCUT2D eigenvalue weighted by Gasteiger charge is 2.28. The van der Waals surface area contributed by atoms with Crippen molar-refractivity contribution in [2.75, 3.05) is 59.1 Å². The normalized spacial score (nSPS) is 19.8. The predicted octanol–water partition coefficient (Wildman–Crippen LogP) is 2.61. The summed E-state index contributed by atoms with van der Waals surface area (Å²) >= 11 is 0. The number of hydrogen-bond donors (Lipinski definition) is 1. The molecule has 0 aromatic heterocycles. The molecule has 0 bridgehead atoms. The maximum Gasteiger partial charge on any atom is 0.309 e. The number of guanidine groups is 1. The van der Waals surface area contributed by atoms with Gasteiger partial charge in [-0.3, -0.25) is 14.7 Å². The van der Waals surface area contributed by atoms with E-state index in [0.29, 0.717) is 13.2 Å². The SMILES string of the molecule is CCNC(=NCC(c1ccc(C)cc1)N1CCOCC1)N1CCC(C(=O)OCC)CC1. The Kier molecular flexibility index (Phi) is 9.15. The van der Waals surface area contributed by atoms with Crippen LogP contribution < -0.4 is 5.32 Å². The van der Waals surface area contributed by atoms with Crippen molar-refractivity contribution in [3.63, 3.8) is 0 Å². The van der Waals surface area contributed by atoms with Crippen LogP contribution in [-0.4, -0.2) is 80.8 Å². The van der Waals surface area contributed by atoms with E-state index >= 15 is 0 Å². The molecule has 0 amide bonds. The summed E-state index contributed by atoms with van der Waals surface area (Å²) in [6, 6.07) is 9.04. The van der Waals surface area contributed by atoms with Crippen LogP contribution in [0.5, 0.6) is 0 Å². The molecule has 7 nitrogen and oxygen atoms in total. The van der Waals surface area contributed by atoms with Crippen LogP contribution in [-0.2, 0) is 14.3 Å². The second-order valence-corrected chi connectivity index (χ2v) is 8.28. The van der Waals surface area contributed by atoms with Gasteiger partial charge in [0, 0.05) is 32.7 Å². The van der Waals surface area contributed by atoms with Gasteiger partial charge in [0.15, 0.2) is 5.96 Å². The minimum absolute atomic E-state index is 0.00716. The van der Waals surface area contributed by atoms with Crippen molar-refractivity contribution < 1.29 is 14.3 Å². The predicted molar refractivity (Wildman–Crippen MR) is 123 cm³/mol. The second-order valence-electron chi connectivity index (χ2n) is 8.28. The van der Waals surface area contributed by atoms with Crippen molar-refractivity contribution in [1.82, 2.24) is 15.1 Å². The molecule has 0 radical (unpaired) electrons. The Labute approximate surface area is 186 Å². The summed E-state index contributed by atoms with van der Waals surface area (Å²) in [6.07, 6.45) is 1.63. The average molecular weight is 431 g/mol. The van der Waals surface area contributed by atoms with Crippen LogP contribution in [0.15, 0.2) is 29.3 Å². The molecule has 1 N–H and O–H groups in total. The van der Waals surface area contributed by atoms with Gasteiger partial charge < -0.3 is 19.7 Å². The molecular weight excluding hydrogens is 392 g/mol. The third-order valence-electron chi connectivity index (χ3n) is 6.11. The number of carbonyl (C=O) groups is 1. The summed E-state index contributed by atoms with van der Waals surface area (Å²) in [5.41, 5.74) is 2.57. The number of likely N-dealkylation sites (tertiary alicyclic amines) is 1. The highest BCUT2D eigenvalue weighted by molar-refractivity contribution is 5.80. The Bertz CT molecular complexity index is 708. The maximum atomic E-state index is 12.1. The molecule has 7 heteroatoms. The summed E-state index contributed by atoms with van der Waals surface area (Å²) < 4.78 is 10.8. The summed E-state index contributed by atoms with van der Waals surface area (Å²) in [6.45, 7) is 13.1. The molecule has 0 saturated carbocycles. The Morgan fingerprint density at radius 3 is 2.45 bits per heavy atom. The van der Waals surface area contributed by atoms with E-state index in [1.807, 2.05) is 6.92 Å². The molecule has 2 saturated heterocycles. The number of piperidine rings is 1. The van der Waals surface area contributed by atoms with E-state index in [0.717, 1.165) is 64.7 Å². The number of nitrogens with zero attached hydrogens (tertiary/aromatic N) is 3. The Morgan fingerprint density at radius 1 is 1.16 bits per heavy atom. The number of benzene rings is 1. The lowest BCUT2D eigenvalue weighted by Crippen LogP contribution is -2.47.